The first-order valence-electron chi connectivity index (χ1n) is 7.72. The topological polar surface area (TPSA) is 81.2 Å². The number of rotatable bonds is 8. The largest absolute Gasteiger partial charge is 0.441 e. The second-order valence-corrected chi connectivity index (χ2v) is 5.32. The van der Waals surface area contributed by atoms with Crippen LogP contribution < -0.4 is 11.1 Å². The Morgan fingerprint density at radius 3 is 2.48 bits per heavy atom. The molecule has 5 nitrogen and oxygen atoms in total. The second kappa shape index (κ2) is 10.0. The molecular formula is C17H24ClN3O2. The number of hydrogen-bond acceptors (Lipinski definition) is 4. The molecule has 2 aromatic rings. The number of aromatic nitrogens is 1. The molecule has 0 unspecified atom stereocenters. The van der Waals surface area contributed by atoms with Crippen LogP contribution in [0.2, 0.25) is 0 Å². The van der Waals surface area contributed by atoms with Crippen LogP contribution in [0.15, 0.2) is 34.9 Å². The van der Waals surface area contributed by atoms with Gasteiger partial charge in [-0.3, -0.25) is 4.79 Å². The fourth-order valence-corrected chi connectivity index (χ4v) is 2.22. The minimum absolute atomic E-state index is 0. The van der Waals surface area contributed by atoms with Gasteiger partial charge in [-0.15, -0.1) is 12.4 Å². The number of nitrogens with zero attached hydrogens (tertiary/aromatic N) is 1. The minimum atomic E-state index is 0. The number of amides is 1. The summed E-state index contributed by atoms with van der Waals surface area (Å²) in [7, 11) is 0. The Hall–Kier alpha value is -1.85. The highest BCUT2D eigenvalue weighted by Crippen LogP contribution is 2.22. The number of benzene rings is 1. The first-order valence-corrected chi connectivity index (χ1v) is 7.72. The van der Waals surface area contributed by atoms with E-state index < -0.39 is 0 Å². The van der Waals surface area contributed by atoms with Crippen LogP contribution in [0.1, 0.15) is 38.0 Å². The second-order valence-electron chi connectivity index (χ2n) is 5.32. The lowest BCUT2D eigenvalue weighted by Gasteiger charge is -2.06. The Morgan fingerprint density at radius 2 is 1.87 bits per heavy atom. The molecule has 1 amide bonds. The predicted molar refractivity (Wildman–Crippen MR) is 94.7 cm³/mol. The van der Waals surface area contributed by atoms with Crippen LogP contribution in [-0.2, 0) is 4.79 Å². The summed E-state index contributed by atoms with van der Waals surface area (Å²) in [5.74, 6) is 1.42. The van der Waals surface area contributed by atoms with Crippen molar-refractivity contribution in [2.75, 3.05) is 11.9 Å². The van der Waals surface area contributed by atoms with Gasteiger partial charge < -0.3 is 15.5 Å². The van der Waals surface area contributed by atoms with Crippen LogP contribution in [-0.4, -0.2) is 17.4 Å². The summed E-state index contributed by atoms with van der Waals surface area (Å²) in [6.07, 6.45) is 6.33. The van der Waals surface area contributed by atoms with Crippen molar-refractivity contribution in [3.8, 4) is 11.3 Å². The Kier molecular flexibility index (Phi) is 8.37. The average Bonchev–Trinajstić information content (AvgIpc) is 2.94. The molecule has 0 spiro atoms. The Balaban J connectivity index is 0.00000264. The highest BCUT2D eigenvalue weighted by Gasteiger charge is 2.05. The molecule has 1 aromatic carbocycles. The first-order chi connectivity index (χ1) is 10.7. The molecule has 0 saturated carbocycles. The van der Waals surface area contributed by atoms with Crippen molar-refractivity contribution in [2.24, 2.45) is 5.73 Å². The molecule has 126 valence electrons. The van der Waals surface area contributed by atoms with Gasteiger partial charge >= 0.3 is 0 Å². The summed E-state index contributed by atoms with van der Waals surface area (Å²) in [4.78, 5) is 15.9. The maximum atomic E-state index is 11.8. The van der Waals surface area contributed by atoms with E-state index in [1.165, 1.54) is 0 Å². The number of hydrogen-bond donors (Lipinski definition) is 2. The fourth-order valence-electron chi connectivity index (χ4n) is 2.22. The molecule has 0 fully saturated rings. The number of carbonyl (C=O) groups is 1. The van der Waals surface area contributed by atoms with E-state index in [2.05, 4.69) is 10.3 Å². The standard InChI is InChI=1S/C17H23N3O2.ClH/c1-13-19-12-16(22-13)14-7-9-15(10-8-14)20-17(21)6-4-2-3-5-11-18;/h7-10,12H,2-6,11,18H2,1H3,(H,20,21);1H. The van der Waals surface area contributed by atoms with E-state index in [4.69, 9.17) is 10.2 Å². The van der Waals surface area contributed by atoms with Crippen LogP contribution >= 0.6 is 12.4 Å². The highest BCUT2D eigenvalue weighted by atomic mass is 35.5. The van der Waals surface area contributed by atoms with Gasteiger partial charge in [0, 0.05) is 24.6 Å². The molecule has 0 bridgehead atoms. The number of unbranched alkanes of at least 4 members (excludes halogenated alkanes) is 3. The van der Waals surface area contributed by atoms with Gasteiger partial charge in [0.15, 0.2) is 11.7 Å². The molecule has 0 aliphatic carbocycles. The van der Waals surface area contributed by atoms with Crippen LogP contribution in [0.3, 0.4) is 0 Å². The SMILES string of the molecule is Cc1ncc(-c2ccc(NC(=O)CCCCCCN)cc2)o1.Cl. The van der Waals surface area contributed by atoms with Crippen molar-refractivity contribution >= 4 is 24.0 Å². The maximum absolute atomic E-state index is 11.8. The molecule has 0 atom stereocenters. The van der Waals surface area contributed by atoms with Crippen molar-refractivity contribution in [1.82, 2.24) is 4.98 Å². The third-order valence-electron chi connectivity index (χ3n) is 3.43. The van der Waals surface area contributed by atoms with Crippen LogP contribution in [0.4, 0.5) is 5.69 Å². The van der Waals surface area contributed by atoms with E-state index in [0.717, 1.165) is 49.2 Å². The molecule has 0 saturated heterocycles. The van der Waals surface area contributed by atoms with Gasteiger partial charge in [0.25, 0.3) is 0 Å². The Morgan fingerprint density at radius 1 is 1.17 bits per heavy atom. The number of nitrogens with two attached hydrogens (primary N) is 1. The van der Waals surface area contributed by atoms with Gasteiger partial charge in [-0.25, -0.2) is 4.98 Å². The molecule has 0 radical (unpaired) electrons. The molecule has 23 heavy (non-hydrogen) atoms. The normalized spacial score (nSPS) is 10.2. The smallest absolute Gasteiger partial charge is 0.224 e. The van der Waals surface area contributed by atoms with E-state index in [1.54, 1.807) is 6.20 Å². The third-order valence-corrected chi connectivity index (χ3v) is 3.43. The number of carbonyl (C=O) groups excluding carboxylic acids is 1. The highest BCUT2D eigenvalue weighted by molar-refractivity contribution is 5.90. The van der Waals surface area contributed by atoms with Crippen molar-refractivity contribution in [3.05, 3.63) is 36.4 Å². The predicted octanol–water partition coefficient (Wildman–Crippen LogP) is 3.92. The first kappa shape index (κ1) is 19.2. The summed E-state index contributed by atoms with van der Waals surface area (Å²) in [6, 6.07) is 7.58. The zero-order chi connectivity index (χ0) is 15.8. The van der Waals surface area contributed by atoms with E-state index in [-0.39, 0.29) is 18.3 Å². The molecule has 1 aromatic heterocycles. The zero-order valence-electron chi connectivity index (χ0n) is 13.4. The molecular weight excluding hydrogens is 314 g/mol. The zero-order valence-corrected chi connectivity index (χ0v) is 14.2. The molecule has 0 aliphatic heterocycles. The van der Waals surface area contributed by atoms with Crippen LogP contribution in [0.25, 0.3) is 11.3 Å². The van der Waals surface area contributed by atoms with Crippen molar-refractivity contribution in [3.63, 3.8) is 0 Å². The van der Waals surface area contributed by atoms with Crippen molar-refractivity contribution < 1.29 is 9.21 Å². The van der Waals surface area contributed by atoms with E-state index in [1.807, 2.05) is 31.2 Å². The lowest BCUT2D eigenvalue weighted by molar-refractivity contribution is -0.116. The number of aryl methyl sites for hydroxylation is 1. The van der Waals surface area contributed by atoms with Gasteiger partial charge in [0.05, 0.1) is 6.20 Å². The number of anilines is 1. The van der Waals surface area contributed by atoms with E-state index in [9.17, 15) is 4.79 Å². The van der Waals surface area contributed by atoms with Gasteiger partial charge in [0.2, 0.25) is 5.91 Å². The lowest BCUT2D eigenvalue weighted by Crippen LogP contribution is -2.11. The third kappa shape index (κ3) is 6.42. The molecule has 2 rings (SSSR count). The fraction of sp³-hybridized carbons (Fsp3) is 0.412. The van der Waals surface area contributed by atoms with Gasteiger partial charge in [-0.1, -0.05) is 12.8 Å². The summed E-state index contributed by atoms with van der Waals surface area (Å²) < 4.78 is 5.47. The monoisotopic (exact) mass is 337 g/mol. The van der Waals surface area contributed by atoms with Crippen molar-refractivity contribution in [2.45, 2.75) is 39.0 Å². The number of halogens is 1. The minimum Gasteiger partial charge on any atom is -0.441 e. The Labute approximate surface area is 143 Å². The maximum Gasteiger partial charge on any atom is 0.224 e. The van der Waals surface area contributed by atoms with E-state index in [0.29, 0.717) is 12.3 Å². The average molecular weight is 338 g/mol. The summed E-state index contributed by atoms with van der Waals surface area (Å²) in [5.41, 5.74) is 7.18. The van der Waals surface area contributed by atoms with Gasteiger partial charge in [0.1, 0.15) is 0 Å². The number of oxazole rings is 1. The molecule has 6 heteroatoms. The Bertz CT molecular complexity index is 596. The van der Waals surface area contributed by atoms with Gasteiger partial charge in [-0.05, 0) is 43.7 Å². The lowest BCUT2D eigenvalue weighted by atomic mass is 10.1. The molecule has 0 aliphatic rings. The summed E-state index contributed by atoms with van der Waals surface area (Å²) in [6.45, 7) is 2.54. The van der Waals surface area contributed by atoms with Gasteiger partial charge in [-0.2, -0.15) is 0 Å². The van der Waals surface area contributed by atoms with Crippen LogP contribution in [0, 0.1) is 6.92 Å². The van der Waals surface area contributed by atoms with E-state index >= 15 is 0 Å². The molecule has 3 N–H and O–H groups in total. The summed E-state index contributed by atoms with van der Waals surface area (Å²) in [5, 5.41) is 2.91. The summed E-state index contributed by atoms with van der Waals surface area (Å²) >= 11 is 0. The van der Waals surface area contributed by atoms with Crippen molar-refractivity contribution in [1.29, 1.82) is 0 Å². The number of nitrogens with one attached hydrogen (secondary N) is 1. The molecule has 1 heterocycles. The van der Waals surface area contributed by atoms with Crippen LogP contribution in [0.5, 0.6) is 0 Å². The quantitative estimate of drug-likeness (QED) is 0.715.